The van der Waals surface area contributed by atoms with Crippen LogP contribution in [0.25, 0.3) is 0 Å². The fourth-order valence-electron chi connectivity index (χ4n) is 1.80. The van der Waals surface area contributed by atoms with Crippen molar-refractivity contribution in [3.8, 4) is 0 Å². The topological polar surface area (TPSA) is 72.4 Å². The zero-order valence-corrected chi connectivity index (χ0v) is 12.4. The molecule has 1 rings (SSSR count). The van der Waals surface area contributed by atoms with Gasteiger partial charge < -0.3 is 5.73 Å². The van der Waals surface area contributed by atoms with Crippen LogP contribution in [0.1, 0.15) is 18.9 Å². The van der Waals surface area contributed by atoms with Crippen LogP contribution in [0.5, 0.6) is 0 Å². The summed E-state index contributed by atoms with van der Waals surface area (Å²) in [5.41, 5.74) is 6.71. The van der Waals surface area contributed by atoms with E-state index in [1.807, 2.05) is 24.9 Å². The second-order valence-corrected chi connectivity index (χ2v) is 5.68. The maximum Gasteiger partial charge on any atom is 0.292 e. The van der Waals surface area contributed by atoms with Gasteiger partial charge >= 0.3 is 0 Å². The summed E-state index contributed by atoms with van der Waals surface area (Å²) < 4.78 is 0. The van der Waals surface area contributed by atoms with Crippen molar-refractivity contribution in [2.24, 2.45) is 0 Å². The first-order valence-electron chi connectivity index (χ1n) is 6.17. The Morgan fingerprint density at radius 1 is 1.53 bits per heavy atom. The van der Waals surface area contributed by atoms with Crippen LogP contribution in [-0.2, 0) is 6.54 Å². The van der Waals surface area contributed by atoms with Gasteiger partial charge in [0.05, 0.1) is 4.92 Å². The van der Waals surface area contributed by atoms with Gasteiger partial charge in [-0.15, -0.1) is 0 Å². The summed E-state index contributed by atoms with van der Waals surface area (Å²) in [6, 6.07) is 5.46. The second-order valence-electron chi connectivity index (χ2n) is 4.70. The molecule has 1 aromatic rings. The highest BCUT2D eigenvalue weighted by molar-refractivity contribution is 7.98. The van der Waals surface area contributed by atoms with E-state index in [0.717, 1.165) is 17.7 Å². The Kier molecular flexibility index (Phi) is 6.11. The molecule has 0 saturated heterocycles. The molecule has 0 fully saturated rings. The molecule has 19 heavy (non-hydrogen) atoms. The van der Waals surface area contributed by atoms with Crippen molar-refractivity contribution in [3.05, 3.63) is 33.9 Å². The minimum Gasteiger partial charge on any atom is -0.393 e. The van der Waals surface area contributed by atoms with Crippen molar-refractivity contribution in [3.63, 3.8) is 0 Å². The predicted octanol–water partition coefficient (Wildman–Crippen LogP) is 2.75. The lowest BCUT2D eigenvalue weighted by atomic mass is 10.1. The molecule has 0 amide bonds. The van der Waals surface area contributed by atoms with E-state index in [2.05, 4.69) is 18.1 Å². The zero-order valence-electron chi connectivity index (χ0n) is 11.6. The third-order valence-electron chi connectivity index (χ3n) is 3.22. The number of hydrogen-bond donors (Lipinski definition) is 1. The molecule has 0 heterocycles. The summed E-state index contributed by atoms with van der Waals surface area (Å²) in [5, 5.41) is 10.8. The second kappa shape index (κ2) is 7.35. The first-order valence-corrected chi connectivity index (χ1v) is 7.57. The van der Waals surface area contributed by atoms with Crippen molar-refractivity contribution < 1.29 is 4.92 Å². The van der Waals surface area contributed by atoms with Gasteiger partial charge in [-0.2, -0.15) is 11.8 Å². The van der Waals surface area contributed by atoms with E-state index >= 15 is 0 Å². The lowest BCUT2D eigenvalue weighted by molar-refractivity contribution is -0.384. The lowest BCUT2D eigenvalue weighted by Crippen LogP contribution is -2.29. The van der Waals surface area contributed by atoms with Gasteiger partial charge in [-0.25, -0.2) is 0 Å². The Morgan fingerprint density at radius 3 is 2.79 bits per heavy atom. The number of nitrogens with zero attached hydrogens (tertiary/aromatic N) is 2. The smallest absolute Gasteiger partial charge is 0.292 e. The van der Waals surface area contributed by atoms with Crippen molar-refractivity contribution in [1.29, 1.82) is 0 Å². The zero-order chi connectivity index (χ0) is 14.4. The fraction of sp³-hybridized carbons (Fsp3) is 0.538. The summed E-state index contributed by atoms with van der Waals surface area (Å²) in [5.74, 6) is 1.12. The van der Waals surface area contributed by atoms with Crippen LogP contribution in [0, 0.1) is 10.1 Å². The average Bonchev–Trinajstić information content (AvgIpc) is 2.37. The van der Waals surface area contributed by atoms with Crippen molar-refractivity contribution in [2.45, 2.75) is 25.9 Å². The number of nitro benzene ring substituents is 1. The number of anilines is 1. The van der Waals surface area contributed by atoms with Gasteiger partial charge in [-0.05, 0) is 44.0 Å². The summed E-state index contributed by atoms with van der Waals surface area (Å²) in [4.78, 5) is 12.6. The number of nitrogens with two attached hydrogens (primary N) is 1. The van der Waals surface area contributed by atoms with Gasteiger partial charge in [0.15, 0.2) is 0 Å². The largest absolute Gasteiger partial charge is 0.393 e. The molecule has 1 unspecified atom stereocenters. The van der Waals surface area contributed by atoms with Crippen molar-refractivity contribution in [2.75, 3.05) is 24.8 Å². The minimum absolute atomic E-state index is 0.0114. The highest BCUT2D eigenvalue weighted by Gasteiger charge is 2.14. The van der Waals surface area contributed by atoms with Gasteiger partial charge in [0, 0.05) is 18.7 Å². The minimum atomic E-state index is -0.435. The van der Waals surface area contributed by atoms with E-state index in [9.17, 15) is 10.1 Å². The molecule has 0 aromatic heterocycles. The standard InChI is InChI=1S/C13H21N3O2S/c1-10(6-7-19-3)15(2)9-11-4-5-12(14)13(8-11)16(17)18/h4-5,8,10H,6-7,9,14H2,1-3H3. The normalized spacial score (nSPS) is 12.6. The Labute approximate surface area is 118 Å². The monoisotopic (exact) mass is 283 g/mol. The first-order chi connectivity index (χ1) is 8.95. The Bertz CT molecular complexity index is 440. The molecule has 1 aromatic carbocycles. The summed E-state index contributed by atoms with van der Waals surface area (Å²) >= 11 is 1.83. The Balaban J connectivity index is 2.71. The lowest BCUT2D eigenvalue weighted by Gasteiger charge is -2.24. The van der Waals surface area contributed by atoms with E-state index in [0.29, 0.717) is 12.6 Å². The third-order valence-corrected chi connectivity index (χ3v) is 3.86. The van der Waals surface area contributed by atoms with Crippen LogP contribution in [0.4, 0.5) is 11.4 Å². The van der Waals surface area contributed by atoms with Crippen LogP contribution in [0.2, 0.25) is 0 Å². The van der Waals surface area contributed by atoms with Crippen molar-refractivity contribution in [1.82, 2.24) is 4.90 Å². The molecule has 5 nitrogen and oxygen atoms in total. The fourth-order valence-corrected chi connectivity index (χ4v) is 2.38. The van der Waals surface area contributed by atoms with Crippen LogP contribution in [-0.4, -0.2) is 34.9 Å². The van der Waals surface area contributed by atoms with Gasteiger partial charge in [-0.1, -0.05) is 6.07 Å². The molecule has 106 valence electrons. The number of hydrogen-bond acceptors (Lipinski definition) is 5. The van der Waals surface area contributed by atoms with Gasteiger partial charge in [0.2, 0.25) is 0 Å². The number of nitro groups is 1. The first kappa shape index (κ1) is 15.8. The van der Waals surface area contributed by atoms with E-state index in [1.54, 1.807) is 12.1 Å². The molecular formula is C13H21N3O2S. The highest BCUT2D eigenvalue weighted by atomic mass is 32.2. The molecular weight excluding hydrogens is 262 g/mol. The average molecular weight is 283 g/mol. The van der Waals surface area contributed by atoms with Gasteiger partial charge in [-0.3, -0.25) is 15.0 Å². The molecule has 6 heteroatoms. The third kappa shape index (κ3) is 4.72. The van der Waals surface area contributed by atoms with Crippen LogP contribution in [0.3, 0.4) is 0 Å². The number of nitrogen functional groups attached to an aromatic ring is 1. The van der Waals surface area contributed by atoms with Crippen LogP contribution < -0.4 is 5.73 Å². The molecule has 1 atom stereocenters. The quantitative estimate of drug-likeness (QED) is 0.473. The summed E-state index contributed by atoms with van der Waals surface area (Å²) in [6.07, 6.45) is 3.20. The summed E-state index contributed by atoms with van der Waals surface area (Å²) in [6.45, 7) is 2.86. The van der Waals surface area contributed by atoms with E-state index in [-0.39, 0.29) is 11.4 Å². The number of thioether (sulfide) groups is 1. The molecule has 0 aliphatic rings. The van der Waals surface area contributed by atoms with E-state index in [1.165, 1.54) is 0 Å². The molecule has 0 saturated carbocycles. The molecule has 0 aliphatic heterocycles. The Hall–Kier alpha value is -1.27. The number of benzene rings is 1. The maximum atomic E-state index is 10.8. The highest BCUT2D eigenvalue weighted by Crippen LogP contribution is 2.23. The summed E-state index contributed by atoms with van der Waals surface area (Å²) in [7, 11) is 2.03. The van der Waals surface area contributed by atoms with E-state index in [4.69, 9.17) is 5.73 Å². The van der Waals surface area contributed by atoms with Gasteiger partial charge in [0.1, 0.15) is 5.69 Å². The molecule has 0 spiro atoms. The van der Waals surface area contributed by atoms with Gasteiger partial charge in [0.25, 0.3) is 5.69 Å². The number of rotatable bonds is 7. The predicted molar refractivity (Wildman–Crippen MR) is 81.4 cm³/mol. The molecule has 0 radical (unpaired) electrons. The SMILES string of the molecule is CSCCC(C)N(C)Cc1ccc(N)c([N+](=O)[O-])c1. The van der Waals surface area contributed by atoms with Crippen molar-refractivity contribution >= 4 is 23.1 Å². The molecule has 0 aliphatic carbocycles. The van der Waals surface area contributed by atoms with E-state index < -0.39 is 4.92 Å². The van der Waals surface area contributed by atoms with Crippen LogP contribution in [0.15, 0.2) is 18.2 Å². The van der Waals surface area contributed by atoms with Crippen LogP contribution >= 0.6 is 11.8 Å². The molecule has 0 bridgehead atoms. The molecule has 2 N–H and O–H groups in total. The maximum absolute atomic E-state index is 10.8. The Morgan fingerprint density at radius 2 is 2.21 bits per heavy atom.